The van der Waals surface area contributed by atoms with Crippen LogP contribution in [0, 0.1) is 5.82 Å². The van der Waals surface area contributed by atoms with E-state index in [9.17, 15) is 4.39 Å². The Hall–Kier alpha value is -2.43. The Kier molecular flexibility index (Phi) is 5.70. The normalized spacial score (nSPS) is 11.2. The van der Waals surface area contributed by atoms with Gasteiger partial charge in [0.1, 0.15) is 5.82 Å². The Morgan fingerprint density at radius 2 is 1.95 bits per heavy atom. The van der Waals surface area contributed by atoms with Gasteiger partial charge in [0.2, 0.25) is 0 Å². The van der Waals surface area contributed by atoms with Crippen molar-refractivity contribution >= 4 is 5.96 Å². The molecule has 2 rings (SSSR count). The second kappa shape index (κ2) is 7.99. The molecule has 0 aliphatic heterocycles. The number of hydrogen-bond acceptors (Lipinski definition) is 2. The van der Waals surface area contributed by atoms with Gasteiger partial charge in [0, 0.05) is 44.0 Å². The molecule has 0 bridgehead atoms. The Morgan fingerprint density at radius 3 is 2.67 bits per heavy atom. The summed E-state index contributed by atoms with van der Waals surface area (Å²) >= 11 is 0. The molecule has 0 radical (unpaired) electrons. The van der Waals surface area contributed by atoms with Crippen molar-refractivity contribution in [2.45, 2.75) is 13.0 Å². The van der Waals surface area contributed by atoms with Crippen LogP contribution in [0.15, 0.2) is 53.7 Å². The van der Waals surface area contributed by atoms with Gasteiger partial charge in [-0.25, -0.2) is 4.39 Å². The molecule has 21 heavy (non-hydrogen) atoms. The molecule has 0 aliphatic carbocycles. The van der Waals surface area contributed by atoms with Gasteiger partial charge in [-0.3, -0.25) is 9.98 Å². The van der Waals surface area contributed by atoms with E-state index in [0.717, 1.165) is 12.1 Å². The van der Waals surface area contributed by atoms with Crippen molar-refractivity contribution < 1.29 is 4.39 Å². The molecule has 5 heteroatoms. The van der Waals surface area contributed by atoms with Gasteiger partial charge in [-0.2, -0.15) is 0 Å². The molecule has 0 saturated carbocycles. The number of aliphatic imine (C=N–C) groups is 1. The number of nitrogens with zero attached hydrogens (tertiary/aromatic N) is 2. The number of nitrogens with one attached hydrogen (secondary N) is 2. The van der Waals surface area contributed by atoms with Crippen molar-refractivity contribution in [1.29, 1.82) is 0 Å². The molecule has 2 aromatic rings. The van der Waals surface area contributed by atoms with Gasteiger partial charge < -0.3 is 10.6 Å². The fraction of sp³-hybridized carbons (Fsp3) is 0.250. The number of rotatable bonds is 5. The van der Waals surface area contributed by atoms with Gasteiger partial charge in [0.15, 0.2) is 5.96 Å². The Labute approximate surface area is 124 Å². The van der Waals surface area contributed by atoms with Crippen LogP contribution in [0.3, 0.4) is 0 Å². The summed E-state index contributed by atoms with van der Waals surface area (Å²) in [6.45, 7) is 1.11. The highest BCUT2D eigenvalue weighted by Crippen LogP contribution is 2.05. The predicted octanol–water partition coefficient (Wildman–Crippen LogP) is 2.13. The summed E-state index contributed by atoms with van der Waals surface area (Å²) in [5.74, 6) is 0.433. The van der Waals surface area contributed by atoms with Crippen molar-refractivity contribution in [3.8, 4) is 0 Å². The smallest absolute Gasteiger partial charge is 0.191 e. The maximum Gasteiger partial charge on any atom is 0.191 e. The lowest BCUT2D eigenvalue weighted by Gasteiger charge is -2.12. The maximum atomic E-state index is 13.5. The molecule has 0 aliphatic rings. The third-order valence-electron chi connectivity index (χ3n) is 3.03. The molecule has 2 N–H and O–H groups in total. The first-order chi connectivity index (χ1) is 10.3. The largest absolute Gasteiger partial charge is 0.356 e. The summed E-state index contributed by atoms with van der Waals surface area (Å²) < 4.78 is 13.5. The number of guanidine groups is 1. The van der Waals surface area contributed by atoms with Crippen LogP contribution in [0.5, 0.6) is 0 Å². The first kappa shape index (κ1) is 15.0. The molecule has 0 amide bonds. The van der Waals surface area contributed by atoms with E-state index in [-0.39, 0.29) is 5.82 Å². The highest BCUT2D eigenvalue weighted by atomic mass is 19.1. The lowest BCUT2D eigenvalue weighted by Crippen LogP contribution is -2.38. The van der Waals surface area contributed by atoms with E-state index in [4.69, 9.17) is 0 Å². The first-order valence-electron chi connectivity index (χ1n) is 6.87. The molecule has 0 atom stereocenters. The van der Waals surface area contributed by atoms with Crippen molar-refractivity contribution in [3.05, 3.63) is 65.7 Å². The quantitative estimate of drug-likeness (QED) is 0.654. The van der Waals surface area contributed by atoms with Gasteiger partial charge in [-0.15, -0.1) is 0 Å². The van der Waals surface area contributed by atoms with Crippen LogP contribution < -0.4 is 10.6 Å². The molecule has 0 saturated heterocycles. The lowest BCUT2D eigenvalue weighted by molar-refractivity contribution is 0.604. The number of aromatic nitrogens is 1. The van der Waals surface area contributed by atoms with Crippen LogP contribution in [-0.4, -0.2) is 24.5 Å². The molecule has 0 spiro atoms. The molecule has 0 unspecified atom stereocenters. The lowest BCUT2D eigenvalue weighted by atomic mass is 10.2. The van der Waals surface area contributed by atoms with Crippen molar-refractivity contribution in [2.24, 2.45) is 4.99 Å². The third-order valence-corrected chi connectivity index (χ3v) is 3.03. The molecule has 4 nitrogen and oxygen atoms in total. The third kappa shape index (κ3) is 4.87. The van der Waals surface area contributed by atoms with Crippen LogP contribution >= 0.6 is 0 Å². The van der Waals surface area contributed by atoms with Gasteiger partial charge in [-0.05, 0) is 18.2 Å². The summed E-state index contributed by atoms with van der Waals surface area (Å²) in [6.07, 6.45) is 2.59. The van der Waals surface area contributed by atoms with Crippen LogP contribution in [0.2, 0.25) is 0 Å². The molecule has 1 aromatic heterocycles. The highest BCUT2D eigenvalue weighted by Gasteiger charge is 2.02. The van der Waals surface area contributed by atoms with E-state index in [1.54, 1.807) is 25.4 Å². The Balaban J connectivity index is 1.78. The summed E-state index contributed by atoms with van der Waals surface area (Å²) in [7, 11) is 1.69. The molecule has 110 valence electrons. The molecule has 1 heterocycles. The van der Waals surface area contributed by atoms with Crippen LogP contribution in [0.1, 0.15) is 11.3 Å². The molecular weight excluding hydrogens is 267 g/mol. The first-order valence-corrected chi connectivity index (χ1v) is 6.87. The summed E-state index contributed by atoms with van der Waals surface area (Å²) in [5, 5.41) is 6.28. The zero-order valence-electron chi connectivity index (χ0n) is 12.0. The minimum absolute atomic E-state index is 0.214. The van der Waals surface area contributed by atoms with Crippen LogP contribution in [0.4, 0.5) is 4.39 Å². The fourth-order valence-electron chi connectivity index (χ4n) is 1.90. The van der Waals surface area contributed by atoms with Gasteiger partial charge >= 0.3 is 0 Å². The standard InChI is InChI=1S/C16H19FN4/c1-18-16(20-11-9-14-7-4-5-10-19-14)21-12-13-6-2-3-8-15(13)17/h2-8,10H,9,11-12H2,1H3,(H2,18,20,21). The monoisotopic (exact) mass is 286 g/mol. The summed E-state index contributed by atoms with van der Waals surface area (Å²) in [4.78, 5) is 8.37. The van der Waals surface area contributed by atoms with Crippen molar-refractivity contribution in [2.75, 3.05) is 13.6 Å². The summed E-state index contributed by atoms with van der Waals surface area (Å²) in [6, 6.07) is 12.5. The van der Waals surface area contributed by atoms with Crippen molar-refractivity contribution in [1.82, 2.24) is 15.6 Å². The Bertz CT molecular complexity index is 584. The highest BCUT2D eigenvalue weighted by molar-refractivity contribution is 5.79. The summed E-state index contributed by atoms with van der Waals surface area (Å²) in [5.41, 5.74) is 1.64. The SMILES string of the molecule is CN=C(NCCc1ccccn1)NCc1ccccc1F. The van der Waals surface area contributed by atoms with E-state index in [1.807, 2.05) is 24.3 Å². The number of hydrogen-bond donors (Lipinski definition) is 2. The molecule has 0 fully saturated rings. The molecular formula is C16H19FN4. The average molecular weight is 286 g/mol. The Morgan fingerprint density at radius 1 is 1.14 bits per heavy atom. The number of pyridine rings is 1. The maximum absolute atomic E-state index is 13.5. The van der Waals surface area contributed by atoms with Crippen LogP contribution in [-0.2, 0) is 13.0 Å². The number of benzene rings is 1. The fourth-order valence-corrected chi connectivity index (χ4v) is 1.90. The van der Waals surface area contributed by atoms with E-state index < -0.39 is 0 Å². The minimum atomic E-state index is -0.214. The van der Waals surface area contributed by atoms with Gasteiger partial charge in [0.05, 0.1) is 0 Å². The van der Waals surface area contributed by atoms with Crippen LogP contribution in [0.25, 0.3) is 0 Å². The van der Waals surface area contributed by atoms with Gasteiger partial charge in [-0.1, -0.05) is 24.3 Å². The topological polar surface area (TPSA) is 49.3 Å². The zero-order chi connectivity index (χ0) is 14.9. The zero-order valence-corrected chi connectivity index (χ0v) is 12.0. The second-order valence-electron chi connectivity index (χ2n) is 4.52. The predicted molar refractivity (Wildman–Crippen MR) is 82.5 cm³/mol. The number of halogens is 1. The van der Waals surface area contributed by atoms with E-state index in [0.29, 0.717) is 24.6 Å². The van der Waals surface area contributed by atoms with E-state index >= 15 is 0 Å². The van der Waals surface area contributed by atoms with Gasteiger partial charge in [0.25, 0.3) is 0 Å². The minimum Gasteiger partial charge on any atom is -0.356 e. The second-order valence-corrected chi connectivity index (χ2v) is 4.52. The van der Waals surface area contributed by atoms with E-state index in [1.165, 1.54) is 6.07 Å². The van der Waals surface area contributed by atoms with Crippen molar-refractivity contribution in [3.63, 3.8) is 0 Å². The molecule has 1 aromatic carbocycles. The average Bonchev–Trinajstić information content (AvgIpc) is 2.53. The van der Waals surface area contributed by atoms with E-state index in [2.05, 4.69) is 20.6 Å².